The SMILES string of the molecule is Cc1[nH]c(C)c(Cl)c(=O)c1F. The van der Waals surface area contributed by atoms with Crippen molar-refractivity contribution in [3.8, 4) is 0 Å². The molecule has 0 unspecified atom stereocenters. The Morgan fingerprint density at radius 1 is 1.36 bits per heavy atom. The molecule has 1 rings (SSSR count). The van der Waals surface area contributed by atoms with E-state index in [1.54, 1.807) is 6.92 Å². The molecule has 60 valence electrons. The van der Waals surface area contributed by atoms with Gasteiger partial charge >= 0.3 is 0 Å². The van der Waals surface area contributed by atoms with Crippen molar-refractivity contribution in [2.45, 2.75) is 13.8 Å². The summed E-state index contributed by atoms with van der Waals surface area (Å²) < 4.78 is 12.7. The average Bonchev–Trinajstić information content (AvgIpc) is 1.97. The number of hydrogen-bond donors (Lipinski definition) is 1. The second kappa shape index (κ2) is 2.66. The van der Waals surface area contributed by atoms with Crippen LogP contribution >= 0.6 is 11.6 Å². The molecule has 1 N–H and O–H groups in total. The first-order valence-electron chi connectivity index (χ1n) is 3.08. The maximum Gasteiger partial charge on any atom is 0.236 e. The molecule has 2 nitrogen and oxygen atoms in total. The monoisotopic (exact) mass is 175 g/mol. The summed E-state index contributed by atoms with van der Waals surface area (Å²) in [6.07, 6.45) is 0. The van der Waals surface area contributed by atoms with Gasteiger partial charge in [0.25, 0.3) is 0 Å². The predicted molar refractivity (Wildman–Crippen MR) is 41.5 cm³/mol. The Kier molecular flexibility index (Phi) is 2.00. The van der Waals surface area contributed by atoms with Gasteiger partial charge in [-0.15, -0.1) is 0 Å². The minimum atomic E-state index is -0.805. The van der Waals surface area contributed by atoms with E-state index in [1.165, 1.54) is 6.92 Å². The highest BCUT2D eigenvalue weighted by Gasteiger charge is 2.08. The van der Waals surface area contributed by atoms with Crippen molar-refractivity contribution < 1.29 is 4.39 Å². The molecule has 0 spiro atoms. The second-order valence-corrected chi connectivity index (χ2v) is 2.71. The van der Waals surface area contributed by atoms with E-state index in [4.69, 9.17) is 11.6 Å². The van der Waals surface area contributed by atoms with Crippen molar-refractivity contribution in [1.29, 1.82) is 0 Å². The fourth-order valence-electron chi connectivity index (χ4n) is 0.828. The zero-order valence-corrected chi connectivity index (χ0v) is 6.92. The Morgan fingerprint density at radius 2 is 1.91 bits per heavy atom. The van der Waals surface area contributed by atoms with Gasteiger partial charge in [-0.05, 0) is 13.8 Å². The van der Waals surface area contributed by atoms with E-state index in [-0.39, 0.29) is 10.7 Å². The molecule has 0 fully saturated rings. The van der Waals surface area contributed by atoms with Crippen LogP contribution < -0.4 is 5.43 Å². The van der Waals surface area contributed by atoms with Gasteiger partial charge in [-0.1, -0.05) is 11.6 Å². The molecule has 0 aliphatic carbocycles. The third-order valence-corrected chi connectivity index (χ3v) is 1.89. The lowest BCUT2D eigenvalue weighted by Gasteiger charge is -2.00. The molecule has 0 aliphatic rings. The van der Waals surface area contributed by atoms with Gasteiger partial charge in [0.05, 0.1) is 5.69 Å². The lowest BCUT2D eigenvalue weighted by molar-refractivity contribution is 0.598. The van der Waals surface area contributed by atoms with Crippen LogP contribution in [0, 0.1) is 19.7 Å². The highest BCUT2D eigenvalue weighted by atomic mass is 35.5. The summed E-state index contributed by atoms with van der Waals surface area (Å²) in [7, 11) is 0. The minimum absolute atomic E-state index is 0.0758. The largest absolute Gasteiger partial charge is 0.359 e. The number of aryl methyl sites for hydroxylation is 2. The van der Waals surface area contributed by atoms with Crippen LogP contribution in [0.4, 0.5) is 4.39 Å². The van der Waals surface area contributed by atoms with E-state index < -0.39 is 11.2 Å². The Labute approximate surface area is 68.0 Å². The summed E-state index contributed by atoms with van der Waals surface area (Å²) in [5.74, 6) is -0.805. The number of pyridine rings is 1. The normalized spacial score (nSPS) is 10.2. The minimum Gasteiger partial charge on any atom is -0.359 e. The molecule has 0 aromatic carbocycles. The molecule has 11 heavy (non-hydrogen) atoms. The Morgan fingerprint density at radius 3 is 2.45 bits per heavy atom. The molecule has 1 heterocycles. The summed E-state index contributed by atoms with van der Waals surface area (Å²) in [4.78, 5) is 13.5. The van der Waals surface area contributed by atoms with Crippen molar-refractivity contribution in [2.75, 3.05) is 0 Å². The number of H-pyrrole nitrogens is 1. The van der Waals surface area contributed by atoms with E-state index >= 15 is 0 Å². The third kappa shape index (κ3) is 1.28. The highest BCUT2D eigenvalue weighted by Crippen LogP contribution is 2.09. The smallest absolute Gasteiger partial charge is 0.236 e. The summed E-state index contributed by atoms with van der Waals surface area (Å²) in [6.45, 7) is 3.11. The molecular weight excluding hydrogens is 169 g/mol. The number of hydrogen-bond acceptors (Lipinski definition) is 1. The van der Waals surface area contributed by atoms with Crippen LogP contribution in [0.3, 0.4) is 0 Å². The van der Waals surface area contributed by atoms with Gasteiger partial charge in [0.15, 0.2) is 5.82 Å². The fraction of sp³-hybridized carbons (Fsp3) is 0.286. The topological polar surface area (TPSA) is 32.9 Å². The maximum absolute atomic E-state index is 12.7. The van der Waals surface area contributed by atoms with Crippen LogP contribution in [-0.4, -0.2) is 4.98 Å². The van der Waals surface area contributed by atoms with Crippen molar-refractivity contribution in [2.24, 2.45) is 0 Å². The van der Waals surface area contributed by atoms with Gasteiger partial charge in [-0.2, -0.15) is 0 Å². The van der Waals surface area contributed by atoms with E-state index in [0.29, 0.717) is 5.69 Å². The first-order valence-corrected chi connectivity index (χ1v) is 3.46. The van der Waals surface area contributed by atoms with Crippen molar-refractivity contribution in [1.82, 2.24) is 4.98 Å². The Bertz CT molecular complexity index is 316. The zero-order valence-electron chi connectivity index (χ0n) is 6.16. The number of rotatable bonds is 0. The number of halogens is 2. The summed E-state index contributed by atoms with van der Waals surface area (Å²) in [5.41, 5.74) is -0.0205. The van der Waals surface area contributed by atoms with Crippen molar-refractivity contribution >= 4 is 11.6 Å². The van der Waals surface area contributed by atoms with Crippen LogP contribution in [0.5, 0.6) is 0 Å². The zero-order chi connectivity index (χ0) is 8.59. The first-order chi connectivity index (χ1) is 5.04. The summed E-state index contributed by atoms with van der Waals surface area (Å²) >= 11 is 5.47. The highest BCUT2D eigenvalue weighted by molar-refractivity contribution is 6.31. The van der Waals surface area contributed by atoms with Crippen LogP contribution in [-0.2, 0) is 0 Å². The Balaban J connectivity index is 3.59. The van der Waals surface area contributed by atoms with E-state index in [9.17, 15) is 9.18 Å². The predicted octanol–water partition coefficient (Wildman–Crippen LogP) is 1.78. The van der Waals surface area contributed by atoms with Gasteiger partial charge in [0.2, 0.25) is 5.43 Å². The van der Waals surface area contributed by atoms with Crippen LogP contribution in [0.15, 0.2) is 4.79 Å². The molecule has 0 aliphatic heterocycles. The van der Waals surface area contributed by atoms with E-state index in [0.717, 1.165) is 0 Å². The van der Waals surface area contributed by atoms with Gasteiger partial charge in [-0.25, -0.2) is 4.39 Å². The molecule has 0 bridgehead atoms. The van der Waals surface area contributed by atoms with Gasteiger partial charge in [-0.3, -0.25) is 4.79 Å². The van der Waals surface area contributed by atoms with Crippen LogP contribution in [0.25, 0.3) is 0 Å². The lowest BCUT2D eigenvalue weighted by atomic mass is 10.3. The summed E-state index contributed by atoms with van der Waals surface area (Å²) in [5, 5.41) is -0.0758. The summed E-state index contributed by atoms with van der Waals surface area (Å²) in [6, 6.07) is 0. The molecule has 4 heteroatoms. The van der Waals surface area contributed by atoms with E-state index in [1.807, 2.05) is 0 Å². The fourth-order valence-corrected chi connectivity index (χ4v) is 0.958. The maximum atomic E-state index is 12.7. The number of aromatic amines is 1. The molecule has 1 aromatic rings. The number of nitrogens with one attached hydrogen (secondary N) is 1. The molecule has 0 atom stereocenters. The van der Waals surface area contributed by atoms with Gasteiger partial charge < -0.3 is 4.98 Å². The molecule has 0 radical (unpaired) electrons. The van der Waals surface area contributed by atoms with E-state index in [2.05, 4.69) is 4.98 Å². The quantitative estimate of drug-likeness (QED) is 0.641. The third-order valence-electron chi connectivity index (χ3n) is 1.43. The van der Waals surface area contributed by atoms with Crippen molar-refractivity contribution in [3.63, 3.8) is 0 Å². The van der Waals surface area contributed by atoms with Crippen LogP contribution in [0.2, 0.25) is 5.02 Å². The molecule has 1 aromatic heterocycles. The van der Waals surface area contributed by atoms with Gasteiger partial charge in [0, 0.05) is 5.69 Å². The molecule has 0 amide bonds. The molecule has 0 saturated heterocycles. The van der Waals surface area contributed by atoms with Crippen LogP contribution in [0.1, 0.15) is 11.4 Å². The van der Waals surface area contributed by atoms with Crippen molar-refractivity contribution in [3.05, 3.63) is 32.5 Å². The lowest BCUT2D eigenvalue weighted by Crippen LogP contribution is -2.12. The second-order valence-electron chi connectivity index (χ2n) is 2.33. The molecule has 0 saturated carbocycles. The van der Waals surface area contributed by atoms with Gasteiger partial charge in [0.1, 0.15) is 5.02 Å². The standard InChI is InChI=1S/C7H7ClFNO/c1-3-5(8)7(11)6(9)4(2)10-3/h1-2H3,(H,10,11). The molecular formula is C7H7ClFNO. The Hall–Kier alpha value is -0.830. The average molecular weight is 176 g/mol. The number of aromatic nitrogens is 1. The first kappa shape index (κ1) is 8.27.